The van der Waals surface area contributed by atoms with E-state index < -0.39 is 0 Å². The van der Waals surface area contributed by atoms with Crippen LogP contribution in [0.3, 0.4) is 0 Å². The molecule has 0 spiro atoms. The van der Waals surface area contributed by atoms with Crippen molar-refractivity contribution >= 4 is 23.7 Å². The predicted octanol–water partition coefficient (Wildman–Crippen LogP) is 10.3. The van der Waals surface area contributed by atoms with Crippen LogP contribution in [0.2, 0.25) is 0 Å². The van der Waals surface area contributed by atoms with E-state index in [9.17, 15) is 9.59 Å². The summed E-state index contributed by atoms with van der Waals surface area (Å²) in [5.41, 5.74) is 5.22. The number of benzene rings is 6. The Labute approximate surface area is 333 Å². The fraction of sp³-hybridized carbons (Fsp3) is 0.143. The normalized spacial score (nSPS) is 11.0. The Balaban J connectivity index is 1.15. The van der Waals surface area contributed by atoms with Crippen molar-refractivity contribution < 1.29 is 38.0 Å². The summed E-state index contributed by atoms with van der Waals surface area (Å²) >= 11 is 0. The van der Waals surface area contributed by atoms with Gasteiger partial charge in [0, 0.05) is 0 Å². The molecule has 8 heteroatoms. The first kappa shape index (κ1) is 39.6. The molecule has 0 saturated carbocycles. The third-order valence-corrected chi connectivity index (χ3v) is 8.72. The lowest BCUT2D eigenvalue weighted by Crippen LogP contribution is -2.04. The Morgan fingerprint density at radius 2 is 0.719 bits per heavy atom. The number of methoxy groups -OCH3 is 2. The van der Waals surface area contributed by atoms with Crippen LogP contribution in [0, 0.1) is 0 Å². The number of allylic oxidation sites excluding steroid dienone is 2. The molecule has 0 N–H and O–H groups in total. The van der Waals surface area contributed by atoms with Crippen molar-refractivity contribution in [2.45, 2.75) is 32.8 Å². The van der Waals surface area contributed by atoms with Gasteiger partial charge in [0.2, 0.25) is 11.5 Å². The lowest BCUT2D eigenvalue weighted by atomic mass is 10.1. The zero-order valence-electron chi connectivity index (χ0n) is 32.0. The van der Waals surface area contributed by atoms with Crippen LogP contribution in [0.25, 0.3) is 12.2 Å². The number of hydrogen-bond donors (Lipinski definition) is 0. The Morgan fingerprint density at radius 3 is 1.04 bits per heavy atom. The van der Waals surface area contributed by atoms with Crippen LogP contribution < -0.4 is 28.4 Å². The first-order valence-electron chi connectivity index (χ1n) is 18.5. The number of hydrogen-bond acceptors (Lipinski definition) is 8. The minimum atomic E-state index is -0.367. The average molecular weight is 761 g/mol. The fourth-order valence-electron chi connectivity index (χ4n) is 5.79. The van der Waals surface area contributed by atoms with E-state index in [2.05, 4.69) is 0 Å². The molecular weight excluding hydrogens is 717 g/mol. The molecule has 0 aliphatic heterocycles. The molecule has 0 fully saturated rings. The molecule has 0 aliphatic carbocycles. The zero-order chi connectivity index (χ0) is 39.7. The highest BCUT2D eigenvalue weighted by atomic mass is 16.5. The topological polar surface area (TPSA) is 89.5 Å². The van der Waals surface area contributed by atoms with Gasteiger partial charge in [-0.25, -0.2) is 0 Å². The van der Waals surface area contributed by atoms with Gasteiger partial charge in [-0.3, -0.25) is 9.59 Å². The van der Waals surface area contributed by atoms with Crippen molar-refractivity contribution in [1.29, 1.82) is 0 Å². The molecule has 0 unspecified atom stereocenters. The Bertz CT molecular complexity index is 2110. The van der Waals surface area contributed by atoms with Crippen LogP contribution in [-0.4, -0.2) is 25.8 Å². The van der Waals surface area contributed by atoms with Crippen LogP contribution >= 0.6 is 0 Å². The second kappa shape index (κ2) is 20.6. The second-order valence-corrected chi connectivity index (χ2v) is 13.0. The van der Waals surface area contributed by atoms with Gasteiger partial charge in [-0.05, 0) is 69.8 Å². The number of ether oxygens (including phenoxy) is 6. The minimum absolute atomic E-state index is 0.300. The van der Waals surface area contributed by atoms with Crippen molar-refractivity contribution in [3.05, 3.63) is 191 Å². The maximum atomic E-state index is 13.0. The van der Waals surface area contributed by atoms with Crippen molar-refractivity contribution in [2.24, 2.45) is 0 Å². The fourth-order valence-corrected chi connectivity index (χ4v) is 5.79. The van der Waals surface area contributed by atoms with Gasteiger partial charge in [-0.15, -0.1) is 0 Å². The first-order chi connectivity index (χ1) is 28.0. The summed E-state index contributed by atoms with van der Waals surface area (Å²) in [6.07, 6.45) is 5.69. The van der Waals surface area contributed by atoms with Gasteiger partial charge in [0.15, 0.2) is 34.6 Å². The molecule has 0 heterocycles. The van der Waals surface area contributed by atoms with Crippen LogP contribution in [0.1, 0.15) is 39.8 Å². The molecule has 0 atom stereocenters. The summed E-state index contributed by atoms with van der Waals surface area (Å²) in [5, 5.41) is 0. The van der Waals surface area contributed by atoms with E-state index in [1.165, 1.54) is 12.2 Å². The highest BCUT2D eigenvalue weighted by Crippen LogP contribution is 2.41. The van der Waals surface area contributed by atoms with E-state index in [1.54, 1.807) is 50.6 Å². The van der Waals surface area contributed by atoms with Gasteiger partial charge in [0.25, 0.3) is 0 Å². The van der Waals surface area contributed by atoms with Crippen LogP contribution in [0.5, 0.6) is 34.5 Å². The van der Waals surface area contributed by atoms with E-state index in [-0.39, 0.29) is 18.0 Å². The summed E-state index contributed by atoms with van der Waals surface area (Å²) in [4.78, 5) is 26.1. The lowest BCUT2D eigenvalue weighted by molar-refractivity contribution is -0.121. The molecule has 6 aromatic carbocycles. The molecule has 0 radical (unpaired) electrons. The molecule has 0 aliphatic rings. The van der Waals surface area contributed by atoms with E-state index in [0.717, 1.165) is 22.3 Å². The molecule has 0 bridgehead atoms. The Hall–Kier alpha value is -7.06. The SMILES string of the molecule is COc1cc(C=CC(=O)CC(=O)C=Cc2cc(OC)c(OCc3ccccc3)c(OCc3ccccc3)c2)cc(OCc2ccccc2)c1OCc1ccccc1. The molecule has 8 nitrogen and oxygen atoms in total. The maximum Gasteiger partial charge on any atom is 0.203 e. The standard InChI is InChI=1S/C49H44O8/c1-52-44-27-40(29-46(54-32-36-15-7-3-8-16-36)48(44)56-34-38-19-11-5-12-20-38)23-25-42(50)31-43(51)26-24-41-28-45(53-2)49(57-35-39-21-13-6-14-22-39)47(30-41)55-33-37-17-9-4-10-18-37/h3-30H,31-35H2,1-2H3. The molecule has 57 heavy (non-hydrogen) atoms. The third-order valence-electron chi connectivity index (χ3n) is 8.72. The third kappa shape index (κ3) is 12.0. The Morgan fingerprint density at radius 1 is 0.421 bits per heavy atom. The van der Waals surface area contributed by atoms with Crippen molar-refractivity contribution in [3.63, 3.8) is 0 Å². The van der Waals surface area contributed by atoms with E-state index in [1.807, 2.05) is 121 Å². The number of carbonyl (C=O) groups excluding carboxylic acids is 2. The van der Waals surface area contributed by atoms with Gasteiger partial charge in [-0.2, -0.15) is 0 Å². The van der Waals surface area contributed by atoms with Crippen LogP contribution in [0.4, 0.5) is 0 Å². The van der Waals surface area contributed by atoms with Crippen molar-refractivity contribution in [2.75, 3.05) is 14.2 Å². The van der Waals surface area contributed by atoms with Gasteiger partial charge >= 0.3 is 0 Å². The zero-order valence-corrected chi connectivity index (χ0v) is 32.0. The van der Waals surface area contributed by atoms with E-state index >= 15 is 0 Å². The summed E-state index contributed by atoms with van der Waals surface area (Å²) in [5.74, 6) is 1.97. The summed E-state index contributed by atoms with van der Waals surface area (Å²) in [6.45, 7) is 1.22. The highest BCUT2D eigenvalue weighted by molar-refractivity contribution is 6.11. The largest absolute Gasteiger partial charge is 0.493 e. The maximum absolute atomic E-state index is 13.0. The Kier molecular flexibility index (Phi) is 14.3. The van der Waals surface area contributed by atoms with Crippen molar-refractivity contribution in [1.82, 2.24) is 0 Å². The molecule has 6 aromatic rings. The smallest absolute Gasteiger partial charge is 0.203 e. The van der Waals surface area contributed by atoms with Gasteiger partial charge < -0.3 is 28.4 Å². The van der Waals surface area contributed by atoms with Crippen molar-refractivity contribution in [3.8, 4) is 34.5 Å². The quantitative estimate of drug-likeness (QED) is 0.0561. The molecule has 0 aromatic heterocycles. The number of carbonyl (C=O) groups is 2. The molecule has 288 valence electrons. The van der Waals surface area contributed by atoms with Crippen LogP contribution in [-0.2, 0) is 36.0 Å². The molecular formula is C49H44O8. The first-order valence-corrected chi connectivity index (χ1v) is 18.5. The van der Waals surface area contributed by atoms with E-state index in [0.29, 0.717) is 72.1 Å². The summed E-state index contributed by atoms with van der Waals surface area (Å²) < 4.78 is 36.3. The summed E-state index contributed by atoms with van der Waals surface area (Å²) in [6, 6.07) is 46.3. The molecule has 0 amide bonds. The minimum Gasteiger partial charge on any atom is -0.493 e. The van der Waals surface area contributed by atoms with E-state index in [4.69, 9.17) is 28.4 Å². The second-order valence-electron chi connectivity index (χ2n) is 13.0. The molecule has 6 rings (SSSR count). The van der Waals surface area contributed by atoms with Gasteiger partial charge in [0.1, 0.15) is 26.4 Å². The highest BCUT2D eigenvalue weighted by Gasteiger charge is 2.17. The number of ketones is 2. The van der Waals surface area contributed by atoms with Gasteiger partial charge in [-0.1, -0.05) is 133 Å². The molecule has 0 saturated heterocycles. The summed E-state index contributed by atoms with van der Waals surface area (Å²) in [7, 11) is 3.10. The predicted molar refractivity (Wildman–Crippen MR) is 222 cm³/mol. The lowest BCUT2D eigenvalue weighted by Gasteiger charge is -2.17. The number of rotatable bonds is 20. The average Bonchev–Trinajstić information content (AvgIpc) is 3.26. The monoisotopic (exact) mass is 760 g/mol. The van der Waals surface area contributed by atoms with Gasteiger partial charge in [0.05, 0.1) is 20.6 Å². The van der Waals surface area contributed by atoms with Crippen LogP contribution in [0.15, 0.2) is 158 Å².